The zero-order valence-corrected chi connectivity index (χ0v) is 47.0. The molecular weight excluding hydrogens is 904 g/mol. The number of nitrogens with one attached hydrogen (secondary N) is 1. The van der Waals surface area contributed by atoms with Crippen LogP contribution in [0.5, 0.6) is 0 Å². The first-order valence-corrected chi connectivity index (χ1v) is 29.7. The van der Waals surface area contributed by atoms with Crippen molar-refractivity contribution < 1.29 is 37.3 Å². The predicted octanol–water partition coefficient (Wildman–Crippen LogP) is 16.4. The minimum absolute atomic E-state index is 0.0364. The Kier molecular flexibility index (Phi) is 47.9. The van der Waals surface area contributed by atoms with Gasteiger partial charge >= 0.3 is 5.97 Å². The maximum Gasteiger partial charge on any atom is 0.306 e. The molecule has 3 unspecified atom stereocenters. The van der Waals surface area contributed by atoms with Crippen molar-refractivity contribution in [1.29, 1.82) is 0 Å². The molecule has 0 saturated heterocycles. The topological polar surface area (TPSA) is 114 Å². The van der Waals surface area contributed by atoms with Crippen molar-refractivity contribution in [2.24, 2.45) is 0 Å². The fraction of sp³-hybridized carbons (Fsp3) is 0.672. The molecule has 0 aliphatic carbocycles. The van der Waals surface area contributed by atoms with Gasteiger partial charge < -0.3 is 28.5 Å². The number of ether oxygens (including phenoxy) is 1. The Morgan fingerprint density at radius 2 is 0.972 bits per heavy atom. The summed E-state index contributed by atoms with van der Waals surface area (Å²) < 4.78 is 30.2. The van der Waals surface area contributed by atoms with E-state index in [9.17, 15) is 19.0 Å². The van der Waals surface area contributed by atoms with Crippen LogP contribution in [0.15, 0.2) is 109 Å². The van der Waals surface area contributed by atoms with Crippen LogP contribution in [0.4, 0.5) is 0 Å². The zero-order valence-electron chi connectivity index (χ0n) is 46.1. The molecule has 0 aliphatic heterocycles. The van der Waals surface area contributed by atoms with Gasteiger partial charge in [-0.25, -0.2) is 0 Å². The second-order valence-electron chi connectivity index (χ2n) is 19.7. The van der Waals surface area contributed by atoms with Gasteiger partial charge in [0.05, 0.1) is 33.8 Å². The second-order valence-corrected chi connectivity index (χ2v) is 21.1. The van der Waals surface area contributed by atoms with Gasteiger partial charge in [0.1, 0.15) is 19.3 Å². The van der Waals surface area contributed by atoms with Crippen molar-refractivity contribution in [1.82, 2.24) is 5.32 Å². The molecule has 0 radical (unpaired) electrons. The van der Waals surface area contributed by atoms with Crippen molar-refractivity contribution in [3.05, 3.63) is 109 Å². The van der Waals surface area contributed by atoms with E-state index in [1.165, 1.54) is 64.2 Å². The van der Waals surface area contributed by atoms with Crippen LogP contribution < -0.4 is 10.2 Å². The molecule has 0 bridgehead atoms. The number of rotatable bonds is 49. The van der Waals surface area contributed by atoms with Crippen molar-refractivity contribution in [3.8, 4) is 0 Å². The minimum Gasteiger partial charge on any atom is -0.756 e. The van der Waals surface area contributed by atoms with E-state index in [0.717, 1.165) is 103 Å². The summed E-state index contributed by atoms with van der Waals surface area (Å²) in [5.74, 6) is -0.603. The summed E-state index contributed by atoms with van der Waals surface area (Å²) in [4.78, 5) is 39.8. The minimum atomic E-state index is -4.71. The molecule has 1 N–H and O–H groups in total. The quantitative estimate of drug-likeness (QED) is 0.0161. The van der Waals surface area contributed by atoms with Gasteiger partial charge in [-0.1, -0.05) is 214 Å². The van der Waals surface area contributed by atoms with Gasteiger partial charge in [-0.15, -0.1) is 0 Å². The van der Waals surface area contributed by atoms with Crippen LogP contribution in [0.2, 0.25) is 0 Å². The molecule has 0 rings (SSSR count). The lowest BCUT2D eigenvalue weighted by Crippen LogP contribution is -2.47. The summed E-state index contributed by atoms with van der Waals surface area (Å²) in [5.41, 5.74) is 0. The Bertz CT molecular complexity index is 1580. The fourth-order valence-electron chi connectivity index (χ4n) is 7.43. The molecular formula is C61H105N2O7P. The monoisotopic (exact) mass is 1010 g/mol. The molecule has 0 heterocycles. The van der Waals surface area contributed by atoms with Crippen LogP contribution >= 0.6 is 7.82 Å². The van der Waals surface area contributed by atoms with E-state index in [1.54, 1.807) is 0 Å². The number of nitrogens with zero attached hydrogens (tertiary/aromatic N) is 1. The van der Waals surface area contributed by atoms with Gasteiger partial charge in [0.25, 0.3) is 7.82 Å². The molecule has 0 aliphatic rings. The summed E-state index contributed by atoms with van der Waals surface area (Å²) in [6, 6.07) is -0.914. The number of carbonyl (C=O) groups excluding carboxylic acids is 2. The first-order valence-electron chi connectivity index (χ1n) is 28.2. The summed E-state index contributed by atoms with van der Waals surface area (Å²) in [7, 11) is 1.14. The molecule has 3 atom stereocenters. The molecule has 71 heavy (non-hydrogen) atoms. The molecule has 0 fully saturated rings. The average molecular weight is 1010 g/mol. The van der Waals surface area contributed by atoms with Gasteiger partial charge in [0.2, 0.25) is 5.91 Å². The third kappa shape index (κ3) is 51.4. The Morgan fingerprint density at radius 1 is 0.521 bits per heavy atom. The number of quaternary nitrogens is 1. The molecule has 0 spiro atoms. The average Bonchev–Trinajstić information content (AvgIpc) is 3.33. The lowest BCUT2D eigenvalue weighted by atomic mass is 10.1. The number of esters is 1. The lowest BCUT2D eigenvalue weighted by Gasteiger charge is -2.30. The van der Waals surface area contributed by atoms with Crippen molar-refractivity contribution >= 4 is 19.7 Å². The van der Waals surface area contributed by atoms with E-state index < -0.39 is 26.6 Å². The van der Waals surface area contributed by atoms with Gasteiger partial charge in [-0.2, -0.15) is 0 Å². The molecule has 0 aromatic heterocycles. The maximum atomic E-state index is 13.5. The molecule has 9 nitrogen and oxygen atoms in total. The van der Waals surface area contributed by atoms with Crippen LogP contribution in [-0.2, 0) is 27.9 Å². The van der Waals surface area contributed by atoms with Crippen LogP contribution in [0.1, 0.15) is 213 Å². The highest BCUT2D eigenvalue weighted by Gasteiger charge is 2.27. The SMILES string of the molecule is CC/C=C\C/C=C\C/C=C\C/C=C\C/C=C\CCCCCC(=O)OC(/C=C/CCCCCCCCCCC)C(COP(=O)([O-])OCC[N+](C)(C)C)NC(=O)CCCCCCCCC/C=C/C=C/C=C/CC. The Balaban J connectivity index is 5.41. The normalized spacial score (nSPS) is 14.6. The van der Waals surface area contributed by atoms with Crippen LogP contribution in [-0.4, -0.2) is 69.4 Å². The lowest BCUT2D eigenvalue weighted by molar-refractivity contribution is -0.870. The summed E-state index contributed by atoms with van der Waals surface area (Å²) >= 11 is 0. The van der Waals surface area contributed by atoms with Crippen molar-refractivity contribution in [3.63, 3.8) is 0 Å². The predicted molar refractivity (Wildman–Crippen MR) is 302 cm³/mol. The zero-order chi connectivity index (χ0) is 52.2. The van der Waals surface area contributed by atoms with Crippen LogP contribution in [0, 0.1) is 0 Å². The van der Waals surface area contributed by atoms with Crippen molar-refractivity contribution in [2.45, 2.75) is 226 Å². The number of unbranched alkanes of at least 4 members (excludes halogenated alkanes) is 19. The number of hydrogen-bond donors (Lipinski definition) is 1. The van der Waals surface area contributed by atoms with Crippen molar-refractivity contribution in [2.75, 3.05) is 40.9 Å². The highest BCUT2D eigenvalue weighted by atomic mass is 31.2. The third-order valence-corrected chi connectivity index (χ3v) is 12.7. The van der Waals surface area contributed by atoms with Crippen LogP contribution in [0.3, 0.4) is 0 Å². The Hall–Kier alpha value is -3.33. The number of phosphoric acid groups is 1. The van der Waals surface area contributed by atoms with E-state index in [2.05, 4.69) is 123 Å². The van der Waals surface area contributed by atoms with E-state index in [1.807, 2.05) is 33.3 Å². The molecule has 1 amide bonds. The van der Waals surface area contributed by atoms with E-state index >= 15 is 0 Å². The molecule has 0 aromatic carbocycles. The third-order valence-electron chi connectivity index (χ3n) is 11.8. The largest absolute Gasteiger partial charge is 0.756 e. The number of amides is 1. The number of phosphoric ester groups is 1. The highest BCUT2D eigenvalue weighted by molar-refractivity contribution is 7.45. The highest BCUT2D eigenvalue weighted by Crippen LogP contribution is 2.38. The molecule has 0 saturated carbocycles. The number of carbonyl (C=O) groups is 2. The second kappa shape index (κ2) is 50.2. The first kappa shape index (κ1) is 67.7. The van der Waals surface area contributed by atoms with Gasteiger partial charge in [0, 0.05) is 12.8 Å². The number of likely N-dealkylation sites (N-methyl/N-ethyl adjacent to an activating group) is 1. The molecule has 0 aromatic rings. The fourth-order valence-corrected chi connectivity index (χ4v) is 8.15. The van der Waals surface area contributed by atoms with Gasteiger partial charge in [-0.05, 0) is 96.0 Å². The first-order chi connectivity index (χ1) is 34.4. The van der Waals surface area contributed by atoms with E-state index in [4.69, 9.17) is 13.8 Å². The molecule has 10 heteroatoms. The standard InChI is InChI=1S/C61H105N2O7P/c1-7-10-13-16-19-22-25-27-29-30-31-32-34-36-39-42-45-48-51-54-61(65)70-59(52-49-46-43-40-37-24-21-18-15-12-9-3)58(57-69-71(66,67)68-56-55-63(4,5)6)62-60(64)53-50-47-44-41-38-35-33-28-26-23-20-17-14-11-8-2/h10-11,13-14,17,19-20,22-23,26-27,29,31-32,36,39,49,52,58-59H,7-9,12,15-16,18,21,24-25,28,30,33-35,37-38,40-48,50-51,53-57H2,1-6H3,(H-,62,64,66,67)/b13-10-,14-11+,20-17+,22-19-,26-23+,29-27-,32-31-,39-36-,52-49+. The smallest absolute Gasteiger partial charge is 0.306 e. The van der Waals surface area contributed by atoms with Gasteiger partial charge in [0.15, 0.2) is 0 Å². The Labute approximate surface area is 436 Å². The summed E-state index contributed by atoms with van der Waals surface area (Å²) in [5, 5.41) is 3.00. The molecule has 406 valence electrons. The Morgan fingerprint density at radius 3 is 1.52 bits per heavy atom. The van der Waals surface area contributed by atoms with E-state index in [-0.39, 0.29) is 31.3 Å². The van der Waals surface area contributed by atoms with E-state index in [0.29, 0.717) is 23.9 Å². The summed E-state index contributed by atoms with van der Waals surface area (Å²) in [6.45, 7) is 6.53. The number of allylic oxidation sites excluding steroid dienone is 17. The van der Waals surface area contributed by atoms with Gasteiger partial charge in [-0.3, -0.25) is 14.2 Å². The van der Waals surface area contributed by atoms with Crippen LogP contribution in [0.25, 0.3) is 0 Å². The summed E-state index contributed by atoms with van der Waals surface area (Å²) in [6.07, 6.45) is 67.7. The number of hydrogen-bond acceptors (Lipinski definition) is 7. The maximum absolute atomic E-state index is 13.5.